The molecule has 128 valence electrons. The molecule has 3 aromatic rings. The molecule has 4 rings (SSSR count). The second kappa shape index (κ2) is 6.89. The average molecular weight is 357 g/mol. The quantitative estimate of drug-likeness (QED) is 0.770. The monoisotopic (exact) mass is 357 g/mol. The third-order valence-electron chi connectivity index (χ3n) is 3.51. The van der Waals surface area contributed by atoms with Crippen LogP contribution >= 0.6 is 11.3 Å². The molecule has 0 aliphatic carbocycles. The van der Waals surface area contributed by atoms with Crippen LogP contribution in [-0.2, 0) is 11.3 Å². The van der Waals surface area contributed by atoms with Crippen LogP contribution in [0.3, 0.4) is 0 Å². The number of benzene rings is 1. The Labute approximate surface area is 147 Å². The zero-order chi connectivity index (χ0) is 17.1. The summed E-state index contributed by atoms with van der Waals surface area (Å²) in [6.07, 6.45) is 0.834. The molecule has 0 saturated heterocycles. The lowest BCUT2D eigenvalue weighted by Gasteiger charge is -2.10. The summed E-state index contributed by atoms with van der Waals surface area (Å²) < 4.78 is 11.2. The fraction of sp³-hybridized carbons (Fsp3) is 0.250. The number of ether oxygens (including phenoxy) is 2. The Hall–Kier alpha value is -2.94. The van der Waals surface area contributed by atoms with E-state index in [2.05, 4.69) is 20.7 Å². The maximum atomic E-state index is 12.2. The number of nitrogens with one attached hydrogen (secondary N) is 1. The summed E-state index contributed by atoms with van der Waals surface area (Å²) in [5.74, 6) is 1.59. The first-order valence-corrected chi connectivity index (χ1v) is 8.67. The number of rotatable bonds is 4. The van der Waals surface area contributed by atoms with Gasteiger partial charge in [0.25, 0.3) is 0 Å². The maximum absolute atomic E-state index is 12.2. The summed E-state index contributed by atoms with van der Waals surface area (Å²) in [7, 11) is 0. The van der Waals surface area contributed by atoms with Crippen molar-refractivity contribution in [3.05, 3.63) is 35.7 Å². The van der Waals surface area contributed by atoms with Gasteiger partial charge in [-0.1, -0.05) is 6.07 Å². The largest absolute Gasteiger partial charge is 0.490 e. The minimum absolute atomic E-state index is 0.0210. The Morgan fingerprint density at radius 2 is 2.12 bits per heavy atom. The van der Waals surface area contributed by atoms with Crippen molar-refractivity contribution in [3.63, 3.8) is 0 Å². The van der Waals surface area contributed by atoms with Gasteiger partial charge in [-0.2, -0.15) is 4.80 Å². The Kier molecular flexibility index (Phi) is 4.30. The van der Waals surface area contributed by atoms with Gasteiger partial charge in [-0.15, -0.1) is 21.5 Å². The topological polar surface area (TPSA) is 91.2 Å². The molecule has 0 bridgehead atoms. The molecular formula is C16H15N5O3S. The molecule has 0 spiro atoms. The Bertz CT molecular complexity index is 878. The standard InChI is InChI=1S/C16H15N5O3S/c22-15(10-21-19-16(18-20-21)14-3-1-8-25-14)17-11-4-5-12-13(9-11)24-7-2-6-23-12/h1,3-5,8-9H,2,6-7,10H2,(H,17,22). The second-order valence-electron chi connectivity index (χ2n) is 5.38. The van der Waals surface area contributed by atoms with Crippen LogP contribution in [0.1, 0.15) is 6.42 Å². The molecule has 25 heavy (non-hydrogen) atoms. The lowest BCUT2D eigenvalue weighted by Crippen LogP contribution is -2.20. The lowest BCUT2D eigenvalue weighted by molar-refractivity contribution is -0.117. The average Bonchev–Trinajstić information content (AvgIpc) is 3.23. The van der Waals surface area contributed by atoms with E-state index in [4.69, 9.17) is 9.47 Å². The highest BCUT2D eigenvalue weighted by Gasteiger charge is 2.13. The molecule has 1 aromatic carbocycles. The molecule has 2 aromatic heterocycles. The van der Waals surface area contributed by atoms with Crippen molar-refractivity contribution in [1.82, 2.24) is 20.2 Å². The third-order valence-corrected chi connectivity index (χ3v) is 4.38. The van der Waals surface area contributed by atoms with Crippen molar-refractivity contribution in [1.29, 1.82) is 0 Å². The third kappa shape index (κ3) is 3.61. The smallest absolute Gasteiger partial charge is 0.248 e. The first-order chi connectivity index (χ1) is 12.3. The Morgan fingerprint density at radius 3 is 2.96 bits per heavy atom. The molecule has 1 aliphatic rings. The summed E-state index contributed by atoms with van der Waals surface area (Å²) in [6.45, 7) is 1.20. The van der Waals surface area contributed by atoms with Crippen LogP contribution in [0.25, 0.3) is 10.7 Å². The number of hydrogen-bond donors (Lipinski definition) is 1. The van der Waals surface area contributed by atoms with Crippen LogP contribution in [0.15, 0.2) is 35.7 Å². The van der Waals surface area contributed by atoms with E-state index < -0.39 is 0 Å². The number of fused-ring (bicyclic) bond motifs is 1. The maximum Gasteiger partial charge on any atom is 0.248 e. The minimum atomic E-state index is -0.246. The number of aromatic nitrogens is 4. The first kappa shape index (κ1) is 15.6. The normalized spacial score (nSPS) is 13.3. The number of amides is 1. The van der Waals surface area contributed by atoms with Gasteiger partial charge in [-0.25, -0.2) is 0 Å². The van der Waals surface area contributed by atoms with E-state index in [1.807, 2.05) is 17.5 Å². The van der Waals surface area contributed by atoms with Crippen LogP contribution in [0.5, 0.6) is 11.5 Å². The molecule has 8 nitrogen and oxygen atoms in total. The summed E-state index contributed by atoms with van der Waals surface area (Å²) in [4.78, 5) is 14.4. The summed E-state index contributed by atoms with van der Waals surface area (Å²) in [5.41, 5.74) is 0.632. The van der Waals surface area contributed by atoms with Crippen LogP contribution in [0.2, 0.25) is 0 Å². The van der Waals surface area contributed by atoms with Crippen LogP contribution < -0.4 is 14.8 Å². The number of anilines is 1. The van der Waals surface area contributed by atoms with Crippen LogP contribution in [-0.4, -0.2) is 39.3 Å². The zero-order valence-electron chi connectivity index (χ0n) is 13.2. The van der Waals surface area contributed by atoms with E-state index in [0.29, 0.717) is 36.2 Å². The van der Waals surface area contributed by atoms with Crippen molar-refractivity contribution in [2.75, 3.05) is 18.5 Å². The molecule has 0 fully saturated rings. The number of carbonyl (C=O) groups is 1. The van der Waals surface area contributed by atoms with Gasteiger partial charge < -0.3 is 14.8 Å². The highest BCUT2D eigenvalue weighted by molar-refractivity contribution is 7.13. The van der Waals surface area contributed by atoms with Crippen LogP contribution in [0.4, 0.5) is 5.69 Å². The molecule has 1 N–H and O–H groups in total. The Balaban J connectivity index is 1.41. The van der Waals surface area contributed by atoms with Gasteiger partial charge in [-0.05, 0) is 28.8 Å². The molecule has 1 amide bonds. The fourth-order valence-corrected chi connectivity index (χ4v) is 3.03. The van der Waals surface area contributed by atoms with Gasteiger partial charge in [0, 0.05) is 18.2 Å². The highest BCUT2D eigenvalue weighted by Crippen LogP contribution is 2.32. The number of hydrogen-bond acceptors (Lipinski definition) is 7. The molecule has 0 saturated carbocycles. The van der Waals surface area contributed by atoms with Gasteiger partial charge in [0.2, 0.25) is 11.7 Å². The number of tetrazole rings is 1. The molecule has 0 atom stereocenters. The predicted molar refractivity (Wildman–Crippen MR) is 91.8 cm³/mol. The van der Waals surface area contributed by atoms with Crippen molar-refractivity contribution in [3.8, 4) is 22.2 Å². The highest BCUT2D eigenvalue weighted by atomic mass is 32.1. The molecule has 9 heteroatoms. The molecule has 0 unspecified atom stereocenters. The first-order valence-electron chi connectivity index (χ1n) is 7.79. The van der Waals surface area contributed by atoms with E-state index in [1.165, 1.54) is 16.1 Å². The fourth-order valence-electron chi connectivity index (χ4n) is 2.38. The van der Waals surface area contributed by atoms with Gasteiger partial charge in [0.15, 0.2) is 11.5 Å². The van der Waals surface area contributed by atoms with E-state index in [1.54, 1.807) is 18.2 Å². The number of nitrogens with zero attached hydrogens (tertiary/aromatic N) is 4. The molecular weight excluding hydrogens is 342 g/mol. The van der Waals surface area contributed by atoms with Crippen LogP contribution in [0, 0.1) is 0 Å². The summed E-state index contributed by atoms with van der Waals surface area (Å²) in [6, 6.07) is 9.14. The Morgan fingerprint density at radius 1 is 1.24 bits per heavy atom. The molecule has 1 aliphatic heterocycles. The van der Waals surface area contributed by atoms with Crippen molar-refractivity contribution in [2.45, 2.75) is 13.0 Å². The number of carbonyl (C=O) groups excluding carboxylic acids is 1. The van der Waals surface area contributed by atoms with E-state index >= 15 is 0 Å². The summed E-state index contributed by atoms with van der Waals surface area (Å²) >= 11 is 1.52. The zero-order valence-corrected chi connectivity index (χ0v) is 14.0. The second-order valence-corrected chi connectivity index (χ2v) is 6.33. The lowest BCUT2D eigenvalue weighted by atomic mass is 10.2. The van der Waals surface area contributed by atoms with Gasteiger partial charge >= 0.3 is 0 Å². The summed E-state index contributed by atoms with van der Waals surface area (Å²) in [5, 5.41) is 16.8. The SMILES string of the molecule is O=C(Cn1nnc(-c2cccs2)n1)Nc1ccc2c(c1)OCCCO2. The van der Waals surface area contributed by atoms with E-state index in [-0.39, 0.29) is 12.5 Å². The van der Waals surface area contributed by atoms with Crippen molar-refractivity contribution in [2.24, 2.45) is 0 Å². The van der Waals surface area contributed by atoms with E-state index in [0.717, 1.165) is 11.3 Å². The molecule has 3 heterocycles. The van der Waals surface area contributed by atoms with Gasteiger partial charge in [0.05, 0.1) is 18.1 Å². The van der Waals surface area contributed by atoms with Gasteiger partial charge in [0.1, 0.15) is 6.54 Å². The van der Waals surface area contributed by atoms with Gasteiger partial charge in [-0.3, -0.25) is 4.79 Å². The minimum Gasteiger partial charge on any atom is -0.490 e. The molecule has 0 radical (unpaired) electrons. The van der Waals surface area contributed by atoms with Crippen molar-refractivity contribution >= 4 is 22.9 Å². The predicted octanol–water partition coefficient (Wildman–Crippen LogP) is 2.20. The number of thiophene rings is 1. The van der Waals surface area contributed by atoms with Crippen molar-refractivity contribution < 1.29 is 14.3 Å². The van der Waals surface area contributed by atoms with E-state index in [9.17, 15) is 4.79 Å².